The molecule has 1 heterocycles. The summed E-state index contributed by atoms with van der Waals surface area (Å²) in [4.78, 5) is 0. The smallest absolute Gasteiger partial charge is 0.00387 e. The van der Waals surface area contributed by atoms with Crippen molar-refractivity contribution in [3.8, 4) is 0 Å². The molecule has 1 rings (SSSR count). The molecule has 54 valence electrons. The van der Waals surface area contributed by atoms with Crippen LogP contribution < -0.4 is 5.32 Å². The van der Waals surface area contributed by atoms with E-state index in [4.69, 9.17) is 0 Å². The molecule has 0 aromatic heterocycles. The second-order valence-electron chi connectivity index (χ2n) is 2.35. The van der Waals surface area contributed by atoms with E-state index in [1.807, 2.05) is 0 Å². The van der Waals surface area contributed by atoms with Crippen LogP contribution in [0.3, 0.4) is 0 Å². The van der Waals surface area contributed by atoms with Crippen molar-refractivity contribution in [1.29, 1.82) is 0 Å². The molecule has 1 heteroatoms. The van der Waals surface area contributed by atoms with Crippen molar-refractivity contribution in [2.45, 2.75) is 32.2 Å². The first-order valence-electron chi connectivity index (χ1n) is 3.63. The third-order valence-electron chi connectivity index (χ3n) is 1.56. The molecule has 1 aliphatic heterocycles. The molecule has 1 N–H and O–H groups in total. The molecule has 1 nitrogen and oxygen atoms in total. The minimum Gasteiger partial charge on any atom is -0.314 e. The van der Waals surface area contributed by atoms with Crippen LogP contribution in [-0.2, 0) is 0 Å². The molecule has 0 aromatic rings. The highest BCUT2D eigenvalue weighted by Crippen LogP contribution is 2.04. The van der Waals surface area contributed by atoms with Crippen molar-refractivity contribution in [1.82, 2.24) is 5.32 Å². The average molecular weight is 127 g/mol. The van der Waals surface area contributed by atoms with E-state index in [9.17, 15) is 0 Å². The molecular weight excluding hydrogens is 110 g/mol. The molecular formula is C8H17N. The van der Waals surface area contributed by atoms with Gasteiger partial charge in [0.2, 0.25) is 0 Å². The van der Waals surface area contributed by atoms with E-state index in [1.165, 1.54) is 25.8 Å². The molecule has 9 heavy (non-hydrogen) atoms. The molecule has 0 aliphatic carbocycles. The fourth-order valence-corrected chi connectivity index (χ4v) is 1.03. The molecule has 0 bridgehead atoms. The molecule has 0 amide bonds. The number of rotatable bonds is 0. The highest BCUT2D eigenvalue weighted by Gasteiger charge is 2.04. The molecule has 1 atom stereocenters. The molecule has 1 fully saturated rings. The maximum atomic E-state index is 3.38. The molecule has 0 spiro atoms. The summed E-state index contributed by atoms with van der Waals surface area (Å²) in [6.45, 7) is 9.49. The lowest BCUT2D eigenvalue weighted by Crippen LogP contribution is -2.30. The Morgan fingerprint density at radius 2 is 2.00 bits per heavy atom. The van der Waals surface area contributed by atoms with Gasteiger partial charge >= 0.3 is 0 Å². The second kappa shape index (κ2) is 5.83. The molecule has 1 unspecified atom stereocenters. The van der Waals surface area contributed by atoms with E-state index < -0.39 is 0 Å². The molecule has 0 saturated carbocycles. The Labute approximate surface area is 58.2 Å². The fraction of sp³-hybridized carbons (Fsp3) is 0.750. The number of hydrogen-bond acceptors (Lipinski definition) is 1. The van der Waals surface area contributed by atoms with Gasteiger partial charge in [-0.25, -0.2) is 0 Å². The minimum absolute atomic E-state index is 0.786. The molecule has 1 saturated heterocycles. The van der Waals surface area contributed by atoms with Gasteiger partial charge in [0.25, 0.3) is 0 Å². The summed E-state index contributed by atoms with van der Waals surface area (Å²) >= 11 is 0. The lowest BCUT2D eigenvalue weighted by Gasteiger charge is -2.18. The summed E-state index contributed by atoms with van der Waals surface area (Å²) in [6.07, 6.45) is 4.18. The minimum atomic E-state index is 0.786. The largest absolute Gasteiger partial charge is 0.314 e. The topological polar surface area (TPSA) is 12.0 Å². The molecule has 1 aliphatic rings. The van der Waals surface area contributed by atoms with E-state index in [0.29, 0.717) is 0 Å². The van der Waals surface area contributed by atoms with Crippen LogP contribution in [0.5, 0.6) is 0 Å². The van der Waals surface area contributed by atoms with Gasteiger partial charge < -0.3 is 5.32 Å². The molecule has 0 radical (unpaired) electrons. The number of nitrogens with one attached hydrogen (secondary N) is 1. The first kappa shape index (κ1) is 8.70. The second-order valence-corrected chi connectivity index (χ2v) is 2.35. The van der Waals surface area contributed by atoms with Crippen LogP contribution in [0.1, 0.15) is 26.2 Å². The summed E-state index contributed by atoms with van der Waals surface area (Å²) in [5.74, 6) is 0. The summed E-state index contributed by atoms with van der Waals surface area (Å²) in [7, 11) is 0. The van der Waals surface area contributed by atoms with Crippen LogP contribution in [0.4, 0.5) is 0 Å². The van der Waals surface area contributed by atoms with Crippen LogP contribution in [0.15, 0.2) is 13.2 Å². The zero-order valence-electron chi connectivity index (χ0n) is 6.32. The number of hydrogen-bond donors (Lipinski definition) is 1. The lowest BCUT2D eigenvalue weighted by molar-refractivity contribution is 0.425. The van der Waals surface area contributed by atoms with Crippen molar-refractivity contribution < 1.29 is 0 Å². The van der Waals surface area contributed by atoms with Crippen LogP contribution in [0, 0.1) is 0 Å². The Morgan fingerprint density at radius 1 is 1.33 bits per heavy atom. The predicted molar refractivity (Wildman–Crippen MR) is 42.6 cm³/mol. The summed E-state index contributed by atoms with van der Waals surface area (Å²) in [5.41, 5.74) is 0. The van der Waals surface area contributed by atoms with Gasteiger partial charge in [-0.3, -0.25) is 0 Å². The first-order valence-corrected chi connectivity index (χ1v) is 3.63. The highest BCUT2D eigenvalue weighted by molar-refractivity contribution is 4.65. The van der Waals surface area contributed by atoms with Crippen LogP contribution in [0.2, 0.25) is 0 Å². The van der Waals surface area contributed by atoms with Gasteiger partial charge in [0.05, 0.1) is 0 Å². The summed E-state index contributed by atoms with van der Waals surface area (Å²) in [5, 5.41) is 3.38. The maximum Gasteiger partial charge on any atom is 0.00387 e. The van der Waals surface area contributed by atoms with E-state index in [0.717, 1.165) is 6.04 Å². The summed E-state index contributed by atoms with van der Waals surface area (Å²) in [6, 6.07) is 0.786. The monoisotopic (exact) mass is 127 g/mol. The zero-order valence-corrected chi connectivity index (χ0v) is 6.32. The Bertz CT molecular complexity index is 55.6. The van der Waals surface area contributed by atoms with Crippen molar-refractivity contribution in [3.63, 3.8) is 0 Å². The Kier molecular flexibility index (Phi) is 5.64. The highest BCUT2D eigenvalue weighted by atomic mass is 14.9. The van der Waals surface area contributed by atoms with Crippen molar-refractivity contribution in [3.05, 3.63) is 13.2 Å². The Morgan fingerprint density at radius 3 is 2.22 bits per heavy atom. The third-order valence-corrected chi connectivity index (χ3v) is 1.56. The van der Waals surface area contributed by atoms with Gasteiger partial charge in [0, 0.05) is 6.04 Å². The first-order chi connectivity index (χ1) is 4.39. The van der Waals surface area contributed by atoms with E-state index in [-0.39, 0.29) is 0 Å². The van der Waals surface area contributed by atoms with E-state index in [1.54, 1.807) is 0 Å². The Hall–Kier alpha value is -0.300. The number of piperidine rings is 1. The van der Waals surface area contributed by atoms with E-state index in [2.05, 4.69) is 25.4 Å². The van der Waals surface area contributed by atoms with Gasteiger partial charge in [-0.1, -0.05) is 6.42 Å². The third kappa shape index (κ3) is 4.22. The van der Waals surface area contributed by atoms with Crippen LogP contribution in [0.25, 0.3) is 0 Å². The van der Waals surface area contributed by atoms with Gasteiger partial charge in [0.1, 0.15) is 0 Å². The summed E-state index contributed by atoms with van der Waals surface area (Å²) < 4.78 is 0. The van der Waals surface area contributed by atoms with Crippen LogP contribution >= 0.6 is 0 Å². The van der Waals surface area contributed by atoms with Crippen molar-refractivity contribution >= 4 is 0 Å². The SMILES string of the molecule is C=C.CC1CCCCN1. The predicted octanol–water partition coefficient (Wildman–Crippen LogP) is 1.95. The standard InChI is InChI=1S/C6H13N.C2H4/c1-6-4-2-3-5-7-6;1-2/h6-7H,2-5H2,1H3;1-2H2. The Balaban J connectivity index is 0.000000291. The van der Waals surface area contributed by atoms with E-state index >= 15 is 0 Å². The average Bonchev–Trinajstić information content (AvgIpc) is 1.94. The fourth-order valence-electron chi connectivity index (χ4n) is 1.03. The zero-order chi connectivity index (χ0) is 7.11. The lowest BCUT2D eigenvalue weighted by atomic mass is 10.1. The van der Waals surface area contributed by atoms with Crippen LogP contribution in [-0.4, -0.2) is 12.6 Å². The quantitative estimate of drug-likeness (QED) is 0.490. The maximum absolute atomic E-state index is 3.38. The normalized spacial score (nSPS) is 26.1. The van der Waals surface area contributed by atoms with Gasteiger partial charge in [-0.2, -0.15) is 0 Å². The van der Waals surface area contributed by atoms with Gasteiger partial charge in [-0.15, -0.1) is 13.2 Å². The van der Waals surface area contributed by atoms with Crippen molar-refractivity contribution in [2.75, 3.05) is 6.54 Å². The van der Waals surface area contributed by atoms with Gasteiger partial charge in [-0.05, 0) is 26.3 Å². The van der Waals surface area contributed by atoms with Gasteiger partial charge in [0.15, 0.2) is 0 Å². The molecule has 0 aromatic carbocycles. The van der Waals surface area contributed by atoms with Crippen molar-refractivity contribution in [2.24, 2.45) is 0 Å².